The van der Waals surface area contributed by atoms with Gasteiger partial charge in [0.2, 0.25) is 0 Å². The van der Waals surface area contributed by atoms with E-state index in [1.165, 1.54) is 12.3 Å². The summed E-state index contributed by atoms with van der Waals surface area (Å²) in [5, 5.41) is 0. The molecule has 0 aromatic carbocycles. The normalized spacial score (nSPS) is 27.9. The van der Waals surface area contributed by atoms with Gasteiger partial charge >= 0.3 is 6.18 Å². The first-order chi connectivity index (χ1) is 7.26. The molecule has 0 spiro atoms. The Morgan fingerprint density at radius 2 is 1.94 bits per heavy atom. The van der Waals surface area contributed by atoms with Crippen LogP contribution in [0.25, 0.3) is 0 Å². The summed E-state index contributed by atoms with van der Waals surface area (Å²) in [6, 6.07) is 1.21. The van der Waals surface area contributed by atoms with Gasteiger partial charge in [-0.05, 0) is 17.0 Å². The quantitative estimate of drug-likeness (QED) is 0.805. The minimum Gasteiger partial charge on any atom is -0.327 e. The number of alkyl halides is 3. The molecule has 1 saturated carbocycles. The maximum atomic E-state index is 12.7. The van der Waals surface area contributed by atoms with Crippen molar-refractivity contribution >= 4 is 0 Å². The lowest BCUT2D eigenvalue weighted by molar-refractivity contribution is -0.138. The van der Waals surface area contributed by atoms with Gasteiger partial charge in [0.15, 0.2) is 0 Å². The van der Waals surface area contributed by atoms with Gasteiger partial charge in [0, 0.05) is 24.4 Å². The van der Waals surface area contributed by atoms with E-state index in [4.69, 9.17) is 5.73 Å². The molecular formula is C11H13F3N2. The summed E-state index contributed by atoms with van der Waals surface area (Å²) in [6.45, 7) is 3.76. The van der Waals surface area contributed by atoms with Crippen molar-refractivity contribution in [2.75, 3.05) is 0 Å². The monoisotopic (exact) mass is 230 g/mol. The van der Waals surface area contributed by atoms with Crippen molar-refractivity contribution in [1.29, 1.82) is 0 Å². The fraction of sp³-hybridized carbons (Fsp3) is 0.545. The Kier molecular flexibility index (Phi) is 2.28. The lowest BCUT2D eigenvalue weighted by atomic mass is 9.99. The van der Waals surface area contributed by atoms with Crippen LogP contribution < -0.4 is 5.73 Å². The zero-order chi connectivity index (χ0) is 12.1. The third kappa shape index (κ3) is 1.59. The van der Waals surface area contributed by atoms with Crippen molar-refractivity contribution in [2.24, 2.45) is 11.1 Å². The highest BCUT2D eigenvalue weighted by atomic mass is 19.4. The number of rotatable bonds is 1. The van der Waals surface area contributed by atoms with E-state index in [-0.39, 0.29) is 22.9 Å². The predicted octanol–water partition coefficient (Wildman–Crippen LogP) is 2.55. The molecule has 1 aromatic rings. The molecule has 2 N–H and O–H groups in total. The highest BCUT2D eigenvalue weighted by Gasteiger charge is 2.58. The number of hydrogen-bond donors (Lipinski definition) is 1. The van der Waals surface area contributed by atoms with E-state index in [1.54, 1.807) is 0 Å². The first-order valence-corrected chi connectivity index (χ1v) is 5.03. The van der Waals surface area contributed by atoms with Gasteiger partial charge in [-0.2, -0.15) is 13.2 Å². The minimum atomic E-state index is -4.36. The molecule has 0 bridgehead atoms. The topological polar surface area (TPSA) is 38.9 Å². The molecule has 2 rings (SSSR count). The van der Waals surface area contributed by atoms with Gasteiger partial charge in [-0.15, -0.1) is 0 Å². The Labute approximate surface area is 91.7 Å². The van der Waals surface area contributed by atoms with Crippen LogP contribution in [0.15, 0.2) is 18.5 Å². The Morgan fingerprint density at radius 3 is 2.38 bits per heavy atom. The van der Waals surface area contributed by atoms with Crippen molar-refractivity contribution in [2.45, 2.75) is 32.0 Å². The smallest absolute Gasteiger partial charge is 0.327 e. The van der Waals surface area contributed by atoms with Crippen molar-refractivity contribution in [3.05, 3.63) is 29.6 Å². The lowest BCUT2D eigenvalue weighted by Crippen LogP contribution is -2.11. The van der Waals surface area contributed by atoms with Crippen LogP contribution in [0.4, 0.5) is 13.2 Å². The van der Waals surface area contributed by atoms with Gasteiger partial charge in [0.1, 0.15) is 0 Å². The second-order valence-corrected chi connectivity index (χ2v) is 4.79. The minimum absolute atomic E-state index is 0.212. The number of pyridine rings is 1. The summed E-state index contributed by atoms with van der Waals surface area (Å²) in [5.74, 6) is -0.230. The molecular weight excluding hydrogens is 217 g/mol. The number of nitrogens with two attached hydrogens (primary N) is 1. The van der Waals surface area contributed by atoms with Crippen molar-refractivity contribution < 1.29 is 13.2 Å². The maximum Gasteiger partial charge on any atom is 0.418 e. The van der Waals surface area contributed by atoms with Crippen molar-refractivity contribution in [1.82, 2.24) is 4.98 Å². The average molecular weight is 230 g/mol. The van der Waals surface area contributed by atoms with Crippen LogP contribution in [0.1, 0.15) is 30.9 Å². The summed E-state index contributed by atoms with van der Waals surface area (Å²) in [4.78, 5) is 3.53. The molecule has 1 aliphatic rings. The van der Waals surface area contributed by atoms with E-state index in [0.29, 0.717) is 0 Å². The second kappa shape index (κ2) is 3.20. The van der Waals surface area contributed by atoms with Crippen molar-refractivity contribution in [3.63, 3.8) is 0 Å². The summed E-state index contributed by atoms with van der Waals surface area (Å²) >= 11 is 0. The highest BCUT2D eigenvalue weighted by molar-refractivity contribution is 5.39. The van der Waals surface area contributed by atoms with E-state index >= 15 is 0 Å². The van der Waals surface area contributed by atoms with Gasteiger partial charge in [-0.3, -0.25) is 4.98 Å². The first kappa shape index (κ1) is 11.4. The van der Waals surface area contributed by atoms with E-state index in [0.717, 1.165) is 6.20 Å². The Morgan fingerprint density at radius 1 is 1.38 bits per heavy atom. The summed E-state index contributed by atoms with van der Waals surface area (Å²) in [7, 11) is 0. The molecule has 0 radical (unpaired) electrons. The van der Waals surface area contributed by atoms with Crippen LogP contribution in [0.2, 0.25) is 0 Å². The molecule has 1 fully saturated rings. The maximum absolute atomic E-state index is 12.7. The predicted molar refractivity (Wildman–Crippen MR) is 53.7 cm³/mol. The summed E-state index contributed by atoms with van der Waals surface area (Å²) < 4.78 is 38.2. The molecule has 1 heterocycles. The van der Waals surface area contributed by atoms with Crippen molar-refractivity contribution in [3.8, 4) is 0 Å². The Bertz CT molecular complexity index is 412. The fourth-order valence-corrected chi connectivity index (χ4v) is 2.19. The molecule has 1 aliphatic carbocycles. The van der Waals surface area contributed by atoms with Crippen LogP contribution >= 0.6 is 0 Å². The van der Waals surface area contributed by atoms with Crippen LogP contribution in [-0.4, -0.2) is 11.0 Å². The molecule has 0 saturated heterocycles. The average Bonchev–Trinajstić information content (AvgIpc) is 2.65. The SMILES string of the molecule is CC1(C)[C@@H](N)[C@@H]1c1ccncc1C(F)(F)F. The third-order valence-electron chi connectivity index (χ3n) is 3.41. The fourth-order valence-electron chi connectivity index (χ4n) is 2.19. The largest absolute Gasteiger partial charge is 0.418 e. The molecule has 1 aromatic heterocycles. The molecule has 2 atom stereocenters. The van der Waals surface area contributed by atoms with E-state index in [1.807, 2.05) is 13.8 Å². The summed E-state index contributed by atoms with van der Waals surface area (Å²) in [6.07, 6.45) is -2.11. The standard InChI is InChI=1S/C11H13F3N2/c1-10(2)8(9(10)15)6-3-4-16-5-7(6)11(12,13)14/h3-5,8-9H,15H2,1-2H3/t8-,9-/m0/s1. The molecule has 0 aliphatic heterocycles. The molecule has 88 valence electrons. The Balaban J connectivity index is 2.44. The van der Waals surface area contributed by atoms with Gasteiger partial charge in [-0.25, -0.2) is 0 Å². The zero-order valence-electron chi connectivity index (χ0n) is 9.05. The molecule has 0 amide bonds. The van der Waals surface area contributed by atoms with E-state index in [2.05, 4.69) is 4.98 Å². The van der Waals surface area contributed by atoms with Gasteiger partial charge in [0.05, 0.1) is 5.56 Å². The molecule has 2 nitrogen and oxygen atoms in total. The van der Waals surface area contributed by atoms with Crippen LogP contribution in [0.5, 0.6) is 0 Å². The highest BCUT2D eigenvalue weighted by Crippen LogP contribution is 2.58. The molecule has 5 heteroatoms. The number of hydrogen-bond acceptors (Lipinski definition) is 2. The van der Waals surface area contributed by atoms with Gasteiger partial charge < -0.3 is 5.73 Å². The summed E-state index contributed by atoms with van der Waals surface area (Å²) in [5.41, 5.74) is 5.14. The molecule has 0 unspecified atom stereocenters. The zero-order valence-corrected chi connectivity index (χ0v) is 9.05. The van der Waals surface area contributed by atoms with Crippen LogP contribution in [0, 0.1) is 5.41 Å². The van der Waals surface area contributed by atoms with E-state index in [9.17, 15) is 13.2 Å². The van der Waals surface area contributed by atoms with Gasteiger partial charge in [-0.1, -0.05) is 13.8 Å². The number of nitrogens with zero attached hydrogens (tertiary/aromatic N) is 1. The molecule has 16 heavy (non-hydrogen) atoms. The number of halogens is 3. The third-order valence-corrected chi connectivity index (χ3v) is 3.41. The Hall–Kier alpha value is -1.10. The van der Waals surface area contributed by atoms with E-state index < -0.39 is 11.7 Å². The van der Waals surface area contributed by atoms with Crippen LogP contribution in [-0.2, 0) is 6.18 Å². The first-order valence-electron chi connectivity index (χ1n) is 5.03. The second-order valence-electron chi connectivity index (χ2n) is 4.79. The lowest BCUT2D eigenvalue weighted by Gasteiger charge is -2.12. The number of aromatic nitrogens is 1. The van der Waals surface area contributed by atoms with Gasteiger partial charge in [0.25, 0.3) is 0 Å². The van der Waals surface area contributed by atoms with Crippen LogP contribution in [0.3, 0.4) is 0 Å².